The summed E-state index contributed by atoms with van der Waals surface area (Å²) in [6.07, 6.45) is 3.17. The second kappa shape index (κ2) is 8.99. The van der Waals surface area contributed by atoms with Crippen molar-refractivity contribution in [1.82, 2.24) is 0 Å². The molecule has 0 atom stereocenters. The van der Waals surface area contributed by atoms with E-state index in [0.29, 0.717) is 35.4 Å². The Kier molecular flexibility index (Phi) is 6.70. The molecule has 4 nitrogen and oxygen atoms in total. The van der Waals surface area contributed by atoms with Gasteiger partial charge in [-0.3, -0.25) is 4.79 Å². The molecule has 24 heavy (non-hydrogen) atoms. The molecule has 0 saturated carbocycles. The average molecular weight is 346 g/mol. The molecular formula is C19H20ClNO3. The number of para-hydroxylation sites is 1. The third-order valence-corrected chi connectivity index (χ3v) is 3.46. The van der Waals surface area contributed by atoms with Crippen molar-refractivity contribution in [2.24, 2.45) is 0 Å². The first-order chi connectivity index (χ1) is 11.6. The van der Waals surface area contributed by atoms with E-state index >= 15 is 0 Å². The van der Waals surface area contributed by atoms with Crippen LogP contribution in [0.1, 0.15) is 19.4 Å². The van der Waals surface area contributed by atoms with E-state index < -0.39 is 0 Å². The molecule has 0 radical (unpaired) electrons. The number of halogens is 1. The Morgan fingerprint density at radius 3 is 2.50 bits per heavy atom. The van der Waals surface area contributed by atoms with E-state index in [0.717, 1.165) is 5.56 Å². The van der Waals surface area contributed by atoms with Gasteiger partial charge in [0.15, 0.2) is 11.5 Å². The van der Waals surface area contributed by atoms with Crippen LogP contribution in [0.25, 0.3) is 6.08 Å². The highest BCUT2D eigenvalue weighted by atomic mass is 35.5. The third-order valence-electron chi connectivity index (χ3n) is 3.13. The minimum atomic E-state index is -0.255. The highest BCUT2D eigenvalue weighted by Gasteiger charge is 2.06. The summed E-state index contributed by atoms with van der Waals surface area (Å²) in [4.78, 5) is 12.0. The first-order valence-electron chi connectivity index (χ1n) is 7.77. The molecule has 0 aliphatic rings. The molecule has 5 heteroatoms. The van der Waals surface area contributed by atoms with Crippen molar-refractivity contribution < 1.29 is 14.3 Å². The van der Waals surface area contributed by atoms with Gasteiger partial charge in [-0.1, -0.05) is 29.8 Å². The molecule has 0 fully saturated rings. The van der Waals surface area contributed by atoms with Crippen molar-refractivity contribution in [3.05, 3.63) is 59.1 Å². The molecule has 1 N–H and O–H groups in total. The van der Waals surface area contributed by atoms with Crippen molar-refractivity contribution in [2.75, 3.05) is 18.5 Å². The second-order valence-corrected chi connectivity index (χ2v) is 5.28. The molecule has 0 aromatic heterocycles. The second-order valence-electron chi connectivity index (χ2n) is 4.87. The molecular weight excluding hydrogens is 326 g/mol. The monoisotopic (exact) mass is 345 g/mol. The smallest absolute Gasteiger partial charge is 0.248 e. The molecule has 2 aromatic carbocycles. The molecule has 0 aliphatic carbocycles. The Morgan fingerprint density at radius 1 is 1.08 bits per heavy atom. The summed E-state index contributed by atoms with van der Waals surface area (Å²) in [7, 11) is 0. The fourth-order valence-electron chi connectivity index (χ4n) is 2.08. The SMILES string of the molecule is CCOc1ccc(C=CC(=O)Nc2ccccc2Cl)cc1OCC. The normalized spacial score (nSPS) is 10.6. The van der Waals surface area contributed by atoms with E-state index in [4.69, 9.17) is 21.1 Å². The van der Waals surface area contributed by atoms with Crippen molar-refractivity contribution in [2.45, 2.75) is 13.8 Å². The van der Waals surface area contributed by atoms with Gasteiger partial charge in [0.1, 0.15) is 0 Å². The standard InChI is InChI=1S/C19H20ClNO3/c1-3-23-17-11-9-14(13-18(17)24-4-2)10-12-19(22)21-16-8-6-5-7-15(16)20/h5-13H,3-4H2,1-2H3,(H,21,22). The van der Waals surface area contributed by atoms with Gasteiger partial charge in [-0.25, -0.2) is 0 Å². The Labute approximate surface area is 147 Å². The van der Waals surface area contributed by atoms with Crippen LogP contribution in [0, 0.1) is 0 Å². The zero-order valence-electron chi connectivity index (χ0n) is 13.7. The van der Waals surface area contributed by atoms with E-state index in [1.807, 2.05) is 44.2 Å². The highest BCUT2D eigenvalue weighted by molar-refractivity contribution is 6.33. The number of hydrogen-bond donors (Lipinski definition) is 1. The molecule has 0 bridgehead atoms. The molecule has 0 heterocycles. The number of nitrogens with one attached hydrogen (secondary N) is 1. The maximum atomic E-state index is 12.0. The van der Waals surface area contributed by atoms with Crippen LogP contribution in [-0.4, -0.2) is 19.1 Å². The number of carbonyl (C=O) groups is 1. The lowest BCUT2D eigenvalue weighted by Gasteiger charge is -2.11. The van der Waals surface area contributed by atoms with E-state index in [2.05, 4.69) is 5.32 Å². The number of anilines is 1. The molecule has 2 aromatic rings. The lowest BCUT2D eigenvalue weighted by Crippen LogP contribution is -2.07. The predicted octanol–water partition coefficient (Wildman–Crippen LogP) is 4.79. The van der Waals surface area contributed by atoms with Crippen molar-refractivity contribution in [1.29, 1.82) is 0 Å². The van der Waals surface area contributed by atoms with Gasteiger partial charge < -0.3 is 14.8 Å². The van der Waals surface area contributed by atoms with Crippen LogP contribution in [0.3, 0.4) is 0 Å². The number of ether oxygens (including phenoxy) is 2. The third kappa shape index (κ3) is 5.03. The Bertz CT molecular complexity index is 728. The van der Waals surface area contributed by atoms with Gasteiger partial charge in [-0.15, -0.1) is 0 Å². The van der Waals surface area contributed by atoms with E-state index in [1.165, 1.54) is 6.08 Å². The van der Waals surface area contributed by atoms with E-state index in [-0.39, 0.29) is 5.91 Å². The first-order valence-corrected chi connectivity index (χ1v) is 8.15. The van der Waals surface area contributed by atoms with Gasteiger partial charge in [0.2, 0.25) is 5.91 Å². The van der Waals surface area contributed by atoms with Crippen LogP contribution >= 0.6 is 11.6 Å². The highest BCUT2D eigenvalue weighted by Crippen LogP contribution is 2.29. The zero-order valence-corrected chi connectivity index (χ0v) is 14.5. The van der Waals surface area contributed by atoms with E-state index in [9.17, 15) is 4.79 Å². The van der Waals surface area contributed by atoms with Gasteiger partial charge in [-0.05, 0) is 49.8 Å². The number of hydrogen-bond acceptors (Lipinski definition) is 3. The van der Waals surface area contributed by atoms with Gasteiger partial charge in [0.25, 0.3) is 0 Å². The molecule has 2 rings (SSSR count). The molecule has 0 spiro atoms. The fourth-order valence-corrected chi connectivity index (χ4v) is 2.26. The molecule has 0 aliphatic heterocycles. The van der Waals surface area contributed by atoms with Crippen LogP contribution in [0.4, 0.5) is 5.69 Å². The number of amides is 1. The van der Waals surface area contributed by atoms with Gasteiger partial charge >= 0.3 is 0 Å². The quantitative estimate of drug-likeness (QED) is 0.734. The zero-order chi connectivity index (χ0) is 17.4. The Hall–Kier alpha value is -2.46. The Morgan fingerprint density at radius 2 is 1.79 bits per heavy atom. The lowest BCUT2D eigenvalue weighted by molar-refractivity contribution is -0.111. The maximum absolute atomic E-state index is 12.0. The predicted molar refractivity (Wildman–Crippen MR) is 97.9 cm³/mol. The van der Waals surface area contributed by atoms with Crippen LogP contribution in [0.5, 0.6) is 11.5 Å². The maximum Gasteiger partial charge on any atom is 0.248 e. The van der Waals surface area contributed by atoms with Crippen molar-refractivity contribution in [3.63, 3.8) is 0 Å². The van der Waals surface area contributed by atoms with Crippen molar-refractivity contribution in [3.8, 4) is 11.5 Å². The molecule has 0 unspecified atom stereocenters. The van der Waals surface area contributed by atoms with Gasteiger partial charge in [0, 0.05) is 6.08 Å². The molecule has 126 valence electrons. The molecule has 1 amide bonds. The van der Waals surface area contributed by atoms with Crippen LogP contribution in [0.15, 0.2) is 48.5 Å². The minimum Gasteiger partial charge on any atom is -0.490 e. The lowest BCUT2D eigenvalue weighted by atomic mass is 10.2. The average Bonchev–Trinajstić information content (AvgIpc) is 2.57. The van der Waals surface area contributed by atoms with Crippen LogP contribution in [0.2, 0.25) is 5.02 Å². The number of rotatable bonds is 7. The van der Waals surface area contributed by atoms with E-state index in [1.54, 1.807) is 18.2 Å². The number of carbonyl (C=O) groups excluding carboxylic acids is 1. The Balaban J connectivity index is 2.09. The topological polar surface area (TPSA) is 47.6 Å². The van der Waals surface area contributed by atoms with Crippen LogP contribution < -0.4 is 14.8 Å². The number of benzene rings is 2. The largest absolute Gasteiger partial charge is 0.490 e. The first kappa shape index (κ1) is 17.9. The fraction of sp³-hybridized carbons (Fsp3) is 0.211. The minimum absolute atomic E-state index is 0.255. The van der Waals surface area contributed by atoms with Gasteiger partial charge in [-0.2, -0.15) is 0 Å². The summed E-state index contributed by atoms with van der Waals surface area (Å²) < 4.78 is 11.1. The summed E-state index contributed by atoms with van der Waals surface area (Å²) >= 11 is 6.02. The summed E-state index contributed by atoms with van der Waals surface area (Å²) in [5.74, 6) is 1.10. The van der Waals surface area contributed by atoms with Crippen molar-refractivity contribution >= 4 is 29.3 Å². The summed E-state index contributed by atoms with van der Waals surface area (Å²) in [6, 6.07) is 12.6. The summed E-state index contributed by atoms with van der Waals surface area (Å²) in [6.45, 7) is 4.94. The molecule has 0 saturated heterocycles. The summed E-state index contributed by atoms with van der Waals surface area (Å²) in [5.41, 5.74) is 1.42. The van der Waals surface area contributed by atoms with Gasteiger partial charge in [0.05, 0.1) is 23.9 Å². The summed E-state index contributed by atoms with van der Waals surface area (Å²) in [5, 5.41) is 3.24. The van der Waals surface area contributed by atoms with Crippen LogP contribution in [-0.2, 0) is 4.79 Å².